The summed E-state index contributed by atoms with van der Waals surface area (Å²) in [5.41, 5.74) is 2.20. The molecule has 0 atom stereocenters. The van der Waals surface area contributed by atoms with Crippen molar-refractivity contribution in [3.8, 4) is 5.69 Å². The number of nitro groups is 1. The number of para-hydroxylation sites is 1. The first-order chi connectivity index (χ1) is 15.5. The standard InChI is InChI=1S/C23H25N5O3S/c1-16-14-19(28(30)31)12-13-20(16)24-21(29)15-32-23-26-25-22(17-8-4-2-5-9-17)27(23)18-10-6-3-7-11-18/h3,6-7,10-14,17H,2,4-5,8-9,15H2,1H3,(H,24,29). The summed E-state index contributed by atoms with van der Waals surface area (Å²) in [7, 11) is 0. The number of anilines is 1. The van der Waals surface area contributed by atoms with Crippen LogP contribution in [0.4, 0.5) is 11.4 Å². The number of benzene rings is 2. The second-order valence-corrected chi connectivity index (χ2v) is 8.88. The van der Waals surface area contributed by atoms with Crippen LogP contribution >= 0.6 is 11.8 Å². The highest BCUT2D eigenvalue weighted by atomic mass is 32.2. The first-order valence-electron chi connectivity index (χ1n) is 10.7. The lowest BCUT2D eigenvalue weighted by Crippen LogP contribution is -2.16. The van der Waals surface area contributed by atoms with Crippen molar-refractivity contribution < 1.29 is 9.72 Å². The van der Waals surface area contributed by atoms with E-state index in [1.165, 1.54) is 43.2 Å². The summed E-state index contributed by atoms with van der Waals surface area (Å²) in [6.07, 6.45) is 5.88. The molecule has 0 spiro atoms. The number of rotatable bonds is 7. The molecule has 1 amide bonds. The lowest BCUT2D eigenvalue weighted by atomic mass is 9.88. The third-order valence-corrected chi connectivity index (χ3v) is 6.60. The Morgan fingerprint density at radius 3 is 2.59 bits per heavy atom. The third kappa shape index (κ3) is 4.99. The summed E-state index contributed by atoms with van der Waals surface area (Å²) in [5, 5.41) is 23.4. The maximum Gasteiger partial charge on any atom is 0.269 e. The Morgan fingerprint density at radius 1 is 1.16 bits per heavy atom. The molecule has 0 radical (unpaired) electrons. The van der Waals surface area contributed by atoms with E-state index in [0.29, 0.717) is 22.3 Å². The highest BCUT2D eigenvalue weighted by molar-refractivity contribution is 7.99. The molecule has 4 rings (SSSR count). The van der Waals surface area contributed by atoms with Gasteiger partial charge in [0, 0.05) is 29.4 Å². The van der Waals surface area contributed by atoms with E-state index in [2.05, 4.69) is 20.1 Å². The predicted molar refractivity (Wildman–Crippen MR) is 124 cm³/mol. The van der Waals surface area contributed by atoms with E-state index in [1.807, 2.05) is 30.3 Å². The van der Waals surface area contributed by atoms with Crippen molar-refractivity contribution in [2.24, 2.45) is 0 Å². The molecule has 1 aliphatic rings. The van der Waals surface area contributed by atoms with E-state index >= 15 is 0 Å². The summed E-state index contributed by atoms with van der Waals surface area (Å²) in [4.78, 5) is 23.1. The third-order valence-electron chi connectivity index (χ3n) is 5.67. The number of non-ortho nitro benzene ring substituents is 1. The van der Waals surface area contributed by atoms with Gasteiger partial charge in [0.15, 0.2) is 5.16 Å². The molecular weight excluding hydrogens is 426 g/mol. The lowest BCUT2D eigenvalue weighted by Gasteiger charge is -2.22. The van der Waals surface area contributed by atoms with Crippen LogP contribution < -0.4 is 5.32 Å². The first-order valence-corrected chi connectivity index (χ1v) is 11.7. The molecule has 3 aromatic rings. The second-order valence-electron chi connectivity index (χ2n) is 7.94. The van der Waals surface area contributed by atoms with Gasteiger partial charge >= 0.3 is 0 Å². The van der Waals surface area contributed by atoms with Crippen molar-refractivity contribution in [1.82, 2.24) is 14.8 Å². The molecule has 166 valence electrons. The highest BCUT2D eigenvalue weighted by Gasteiger charge is 2.24. The average Bonchev–Trinajstić information content (AvgIpc) is 3.24. The fourth-order valence-corrected chi connectivity index (χ4v) is 4.80. The van der Waals surface area contributed by atoms with Crippen LogP contribution in [0.1, 0.15) is 49.4 Å². The summed E-state index contributed by atoms with van der Waals surface area (Å²) >= 11 is 1.34. The van der Waals surface area contributed by atoms with Gasteiger partial charge in [-0.2, -0.15) is 0 Å². The number of nitro benzene ring substituents is 1. The van der Waals surface area contributed by atoms with E-state index in [1.54, 1.807) is 13.0 Å². The van der Waals surface area contributed by atoms with Crippen LogP contribution in [0.2, 0.25) is 0 Å². The van der Waals surface area contributed by atoms with Gasteiger partial charge in [-0.1, -0.05) is 49.2 Å². The van der Waals surface area contributed by atoms with Crippen LogP contribution in [0.15, 0.2) is 53.7 Å². The lowest BCUT2D eigenvalue weighted by molar-refractivity contribution is -0.384. The molecule has 9 heteroatoms. The Bertz CT molecular complexity index is 1110. The number of amides is 1. The topological polar surface area (TPSA) is 103 Å². The molecule has 0 unspecified atom stereocenters. The molecule has 1 fully saturated rings. The summed E-state index contributed by atoms with van der Waals surface area (Å²) in [5.74, 6) is 1.30. The zero-order chi connectivity index (χ0) is 22.5. The fourth-order valence-electron chi connectivity index (χ4n) is 4.04. The normalized spacial score (nSPS) is 14.3. The van der Waals surface area contributed by atoms with Gasteiger partial charge in [0.05, 0.1) is 10.7 Å². The number of hydrogen-bond donors (Lipinski definition) is 1. The predicted octanol–water partition coefficient (Wildman–Crippen LogP) is 5.26. The van der Waals surface area contributed by atoms with Crippen LogP contribution in [0.3, 0.4) is 0 Å². The zero-order valence-corrected chi connectivity index (χ0v) is 18.7. The van der Waals surface area contributed by atoms with Gasteiger partial charge in [-0.25, -0.2) is 0 Å². The Kier molecular flexibility index (Phi) is 6.84. The molecule has 2 aromatic carbocycles. The maximum absolute atomic E-state index is 12.6. The van der Waals surface area contributed by atoms with E-state index in [-0.39, 0.29) is 17.3 Å². The number of aryl methyl sites for hydroxylation is 1. The van der Waals surface area contributed by atoms with Gasteiger partial charge < -0.3 is 5.32 Å². The second kappa shape index (κ2) is 9.95. The van der Waals surface area contributed by atoms with Crippen molar-refractivity contribution in [1.29, 1.82) is 0 Å². The highest BCUT2D eigenvalue weighted by Crippen LogP contribution is 2.35. The van der Waals surface area contributed by atoms with E-state index in [9.17, 15) is 14.9 Å². The van der Waals surface area contributed by atoms with E-state index < -0.39 is 4.92 Å². The maximum atomic E-state index is 12.6. The molecule has 0 aliphatic heterocycles. The number of hydrogen-bond acceptors (Lipinski definition) is 6. The Labute approximate surface area is 190 Å². The molecule has 1 aliphatic carbocycles. The number of carbonyl (C=O) groups excluding carboxylic acids is 1. The molecule has 1 saturated carbocycles. The molecular formula is C23H25N5O3S. The number of carbonyl (C=O) groups is 1. The Balaban J connectivity index is 1.50. The van der Waals surface area contributed by atoms with Crippen molar-refractivity contribution in [2.75, 3.05) is 11.1 Å². The molecule has 1 heterocycles. The molecule has 1 aromatic heterocycles. The monoisotopic (exact) mass is 451 g/mol. The van der Waals surface area contributed by atoms with Gasteiger partial charge in [0.1, 0.15) is 5.82 Å². The fraction of sp³-hybridized carbons (Fsp3) is 0.348. The SMILES string of the molecule is Cc1cc([N+](=O)[O-])ccc1NC(=O)CSc1nnc(C2CCCCC2)n1-c1ccccc1. The summed E-state index contributed by atoms with van der Waals surface area (Å²) < 4.78 is 2.07. The minimum atomic E-state index is -0.450. The summed E-state index contributed by atoms with van der Waals surface area (Å²) in [6.45, 7) is 1.73. The number of nitrogens with one attached hydrogen (secondary N) is 1. The minimum Gasteiger partial charge on any atom is -0.325 e. The first kappa shape index (κ1) is 22.0. The van der Waals surface area contributed by atoms with Crippen LogP contribution in [-0.4, -0.2) is 31.3 Å². The van der Waals surface area contributed by atoms with Gasteiger partial charge in [-0.3, -0.25) is 19.5 Å². The quantitative estimate of drug-likeness (QED) is 0.298. The molecule has 32 heavy (non-hydrogen) atoms. The number of thioether (sulfide) groups is 1. The molecule has 1 N–H and O–H groups in total. The smallest absolute Gasteiger partial charge is 0.269 e. The van der Waals surface area contributed by atoms with Crippen LogP contribution in [0.25, 0.3) is 5.69 Å². The van der Waals surface area contributed by atoms with Crippen molar-refractivity contribution in [3.63, 3.8) is 0 Å². The minimum absolute atomic E-state index is 0.000999. The Morgan fingerprint density at radius 2 is 1.91 bits per heavy atom. The Hall–Kier alpha value is -3.20. The van der Waals surface area contributed by atoms with Crippen molar-refractivity contribution in [3.05, 3.63) is 70.0 Å². The van der Waals surface area contributed by atoms with Crippen molar-refractivity contribution >= 4 is 29.0 Å². The largest absolute Gasteiger partial charge is 0.325 e. The average molecular weight is 452 g/mol. The van der Waals surface area contributed by atoms with Crippen LogP contribution in [0, 0.1) is 17.0 Å². The summed E-state index contributed by atoms with van der Waals surface area (Å²) in [6, 6.07) is 14.4. The van der Waals surface area contributed by atoms with Crippen LogP contribution in [0.5, 0.6) is 0 Å². The zero-order valence-electron chi connectivity index (χ0n) is 17.9. The van der Waals surface area contributed by atoms with Gasteiger partial charge in [0.2, 0.25) is 5.91 Å². The van der Waals surface area contributed by atoms with Gasteiger partial charge in [-0.05, 0) is 43.5 Å². The molecule has 0 bridgehead atoms. The van der Waals surface area contributed by atoms with E-state index in [0.717, 1.165) is 24.4 Å². The molecule has 8 nitrogen and oxygen atoms in total. The molecule has 0 saturated heterocycles. The van der Waals surface area contributed by atoms with Crippen molar-refractivity contribution in [2.45, 2.75) is 50.1 Å². The van der Waals surface area contributed by atoms with Crippen LogP contribution in [-0.2, 0) is 4.79 Å². The van der Waals surface area contributed by atoms with Gasteiger partial charge in [-0.15, -0.1) is 10.2 Å². The number of nitrogens with zero attached hydrogens (tertiary/aromatic N) is 4. The number of aromatic nitrogens is 3. The van der Waals surface area contributed by atoms with E-state index in [4.69, 9.17) is 0 Å². The van der Waals surface area contributed by atoms with Gasteiger partial charge in [0.25, 0.3) is 5.69 Å².